The lowest BCUT2D eigenvalue weighted by molar-refractivity contribution is -0.161. The number of esters is 2. The molecule has 0 rings (SSSR count). The Balaban J connectivity index is 4.06. The number of unbranched alkanes of at least 4 members (excludes halogenated alkanes) is 24. The van der Waals surface area contributed by atoms with Gasteiger partial charge in [-0.25, -0.2) is 4.57 Å². The van der Waals surface area contributed by atoms with Crippen LogP contribution in [0.25, 0.3) is 0 Å². The van der Waals surface area contributed by atoms with Crippen molar-refractivity contribution in [2.45, 2.75) is 219 Å². The largest absolute Gasteiger partial charge is 0.472 e. The number of carbonyl (C=O) groups excluding carboxylic acids is 2. The van der Waals surface area contributed by atoms with E-state index in [9.17, 15) is 19.0 Å². The summed E-state index contributed by atoms with van der Waals surface area (Å²) < 4.78 is 32.6. The van der Waals surface area contributed by atoms with Crippen LogP contribution in [0.4, 0.5) is 0 Å². The molecule has 2 atom stereocenters. The fourth-order valence-corrected chi connectivity index (χ4v) is 6.83. The molecule has 0 amide bonds. The number of carbonyl (C=O) groups is 2. The van der Waals surface area contributed by atoms with Gasteiger partial charge in [0.15, 0.2) is 6.10 Å². The lowest BCUT2D eigenvalue weighted by atomic mass is 10.0. The van der Waals surface area contributed by atoms with E-state index < -0.39 is 26.5 Å². The Morgan fingerprint density at radius 3 is 1.40 bits per heavy atom. The Kier molecular flexibility index (Phi) is 38.1. The summed E-state index contributed by atoms with van der Waals surface area (Å²) in [6, 6.07) is 0. The number of allylic oxidation sites excluding steroid dienone is 4. The SMILES string of the molecule is CCCCC/C=C\C/C=C\CCCCCCCCCCCC(=O)OC(COC(=O)CCCCCCCCCCCCCCC)COP(=O)(O)OCC. The molecule has 306 valence electrons. The molecule has 0 aliphatic rings. The average molecular weight is 757 g/mol. The minimum absolute atomic E-state index is 0.00150. The van der Waals surface area contributed by atoms with Crippen molar-refractivity contribution < 1.29 is 37.6 Å². The van der Waals surface area contributed by atoms with E-state index in [1.807, 2.05) is 0 Å². The molecule has 1 N–H and O–H groups in total. The van der Waals surface area contributed by atoms with Crippen molar-refractivity contribution >= 4 is 19.8 Å². The average Bonchev–Trinajstić information content (AvgIpc) is 3.12. The first-order chi connectivity index (χ1) is 25.3. The van der Waals surface area contributed by atoms with E-state index in [0.29, 0.717) is 12.8 Å². The van der Waals surface area contributed by atoms with E-state index in [0.717, 1.165) is 44.9 Å². The number of hydrogen-bond acceptors (Lipinski definition) is 7. The van der Waals surface area contributed by atoms with Crippen LogP contribution in [0.2, 0.25) is 0 Å². The second-order valence-corrected chi connectivity index (χ2v) is 15.8. The van der Waals surface area contributed by atoms with Gasteiger partial charge in [0.05, 0.1) is 13.2 Å². The van der Waals surface area contributed by atoms with Crippen LogP contribution in [-0.4, -0.2) is 42.8 Å². The van der Waals surface area contributed by atoms with Crippen molar-refractivity contribution in [2.24, 2.45) is 0 Å². The molecule has 8 nitrogen and oxygen atoms in total. The highest BCUT2D eigenvalue weighted by Crippen LogP contribution is 2.43. The van der Waals surface area contributed by atoms with Crippen molar-refractivity contribution in [3.05, 3.63) is 24.3 Å². The van der Waals surface area contributed by atoms with Gasteiger partial charge in [0.1, 0.15) is 6.61 Å². The smallest absolute Gasteiger partial charge is 0.462 e. The minimum atomic E-state index is -4.28. The van der Waals surface area contributed by atoms with Crippen LogP contribution < -0.4 is 0 Å². The van der Waals surface area contributed by atoms with Gasteiger partial charge in [-0.05, 0) is 51.9 Å². The quantitative estimate of drug-likeness (QED) is 0.0285. The highest BCUT2D eigenvalue weighted by molar-refractivity contribution is 7.47. The molecule has 0 aliphatic carbocycles. The normalized spacial score (nSPS) is 13.5. The number of rotatable bonds is 40. The Bertz CT molecular complexity index is 906. The van der Waals surface area contributed by atoms with Gasteiger partial charge in [-0.15, -0.1) is 0 Å². The maximum Gasteiger partial charge on any atom is 0.472 e. The Morgan fingerprint density at radius 2 is 0.923 bits per heavy atom. The van der Waals surface area contributed by atoms with E-state index in [1.165, 1.54) is 128 Å². The summed E-state index contributed by atoms with van der Waals surface area (Å²) in [6.45, 7) is 5.46. The lowest BCUT2D eigenvalue weighted by Gasteiger charge is -2.19. The fourth-order valence-electron chi connectivity index (χ4n) is 6.07. The van der Waals surface area contributed by atoms with Crippen molar-refractivity contribution in [3.8, 4) is 0 Å². The Morgan fingerprint density at radius 1 is 0.519 bits per heavy atom. The zero-order valence-electron chi connectivity index (χ0n) is 34.0. The summed E-state index contributed by atoms with van der Waals surface area (Å²) in [7, 11) is -4.28. The van der Waals surface area contributed by atoms with Gasteiger partial charge in [-0.3, -0.25) is 18.6 Å². The lowest BCUT2D eigenvalue weighted by Crippen LogP contribution is -2.29. The predicted molar refractivity (Wildman–Crippen MR) is 216 cm³/mol. The molecule has 0 radical (unpaired) electrons. The second kappa shape index (κ2) is 39.2. The van der Waals surface area contributed by atoms with Crippen LogP contribution in [0.1, 0.15) is 213 Å². The molecular weight excluding hydrogens is 675 g/mol. The molecular formula is C43H81O8P. The molecule has 0 aromatic carbocycles. The summed E-state index contributed by atoms with van der Waals surface area (Å²) in [6.07, 6.45) is 42.2. The molecule has 0 aromatic rings. The Labute approximate surface area is 320 Å². The maximum absolute atomic E-state index is 12.6. The van der Waals surface area contributed by atoms with Gasteiger partial charge in [0.2, 0.25) is 0 Å². The van der Waals surface area contributed by atoms with Crippen LogP contribution in [0.3, 0.4) is 0 Å². The first kappa shape index (κ1) is 50.5. The molecule has 52 heavy (non-hydrogen) atoms. The third kappa shape index (κ3) is 38.3. The first-order valence-corrected chi connectivity index (χ1v) is 23.1. The van der Waals surface area contributed by atoms with Gasteiger partial charge in [-0.1, -0.05) is 173 Å². The predicted octanol–water partition coefficient (Wildman–Crippen LogP) is 13.5. The van der Waals surface area contributed by atoms with Crippen molar-refractivity contribution in [1.29, 1.82) is 0 Å². The van der Waals surface area contributed by atoms with Crippen molar-refractivity contribution in [3.63, 3.8) is 0 Å². The highest BCUT2D eigenvalue weighted by atomic mass is 31.2. The molecule has 2 unspecified atom stereocenters. The molecule has 0 bridgehead atoms. The fraction of sp³-hybridized carbons (Fsp3) is 0.860. The van der Waals surface area contributed by atoms with E-state index in [2.05, 4.69) is 38.2 Å². The van der Waals surface area contributed by atoms with Crippen LogP contribution in [-0.2, 0) is 32.7 Å². The summed E-state index contributed by atoms with van der Waals surface area (Å²) in [5, 5.41) is 0. The molecule has 0 heterocycles. The molecule has 0 fully saturated rings. The van der Waals surface area contributed by atoms with Crippen LogP contribution in [0.5, 0.6) is 0 Å². The van der Waals surface area contributed by atoms with Gasteiger partial charge in [0, 0.05) is 12.8 Å². The number of phosphoric ester groups is 1. The van der Waals surface area contributed by atoms with E-state index in [-0.39, 0.29) is 25.6 Å². The zero-order valence-corrected chi connectivity index (χ0v) is 34.9. The summed E-state index contributed by atoms with van der Waals surface area (Å²) >= 11 is 0. The molecule has 0 aliphatic heterocycles. The number of ether oxygens (including phenoxy) is 2. The monoisotopic (exact) mass is 757 g/mol. The molecule has 0 spiro atoms. The zero-order chi connectivity index (χ0) is 38.2. The highest BCUT2D eigenvalue weighted by Gasteiger charge is 2.25. The first-order valence-electron chi connectivity index (χ1n) is 21.6. The van der Waals surface area contributed by atoms with E-state index in [4.69, 9.17) is 18.5 Å². The third-order valence-electron chi connectivity index (χ3n) is 9.26. The third-order valence-corrected chi connectivity index (χ3v) is 10.3. The minimum Gasteiger partial charge on any atom is -0.462 e. The van der Waals surface area contributed by atoms with E-state index in [1.54, 1.807) is 6.92 Å². The van der Waals surface area contributed by atoms with Gasteiger partial charge in [-0.2, -0.15) is 0 Å². The topological polar surface area (TPSA) is 108 Å². The molecule has 0 saturated carbocycles. The summed E-state index contributed by atoms with van der Waals surface area (Å²) in [5.74, 6) is -0.795. The molecule has 0 saturated heterocycles. The van der Waals surface area contributed by atoms with Crippen LogP contribution >= 0.6 is 7.82 Å². The van der Waals surface area contributed by atoms with Gasteiger partial charge < -0.3 is 14.4 Å². The molecule has 0 aromatic heterocycles. The van der Waals surface area contributed by atoms with E-state index >= 15 is 0 Å². The van der Waals surface area contributed by atoms with Gasteiger partial charge >= 0.3 is 19.8 Å². The summed E-state index contributed by atoms with van der Waals surface area (Å²) in [5.41, 5.74) is 0. The van der Waals surface area contributed by atoms with Crippen molar-refractivity contribution in [2.75, 3.05) is 19.8 Å². The Hall–Kier alpha value is -1.47. The van der Waals surface area contributed by atoms with Crippen LogP contribution in [0, 0.1) is 0 Å². The standard InChI is InChI=1S/C43H81O8P/c1-4-7-9-11-13-15-17-19-20-21-22-23-24-26-28-30-32-34-36-38-43(45)51-41(40-50-52(46,47)49-6-3)39-48-42(44)37-35-33-31-29-27-25-18-16-14-12-10-8-5-2/h13,15,19-20,41H,4-12,14,16-18,21-40H2,1-3H3,(H,46,47)/b15-13-,20-19-. The number of hydrogen-bond donors (Lipinski definition) is 1. The maximum atomic E-state index is 12.6. The summed E-state index contributed by atoms with van der Waals surface area (Å²) in [4.78, 5) is 34.7. The van der Waals surface area contributed by atoms with Crippen LogP contribution in [0.15, 0.2) is 24.3 Å². The number of phosphoric acid groups is 1. The van der Waals surface area contributed by atoms with Crippen molar-refractivity contribution in [1.82, 2.24) is 0 Å². The second-order valence-electron chi connectivity index (χ2n) is 14.4. The van der Waals surface area contributed by atoms with Gasteiger partial charge in [0.25, 0.3) is 0 Å². The molecule has 9 heteroatoms.